The Kier molecular flexibility index (Phi) is 3.27. The van der Waals surface area contributed by atoms with Crippen LogP contribution in [0.5, 0.6) is 0 Å². The molecule has 0 fully saturated rings. The second-order valence-electron chi connectivity index (χ2n) is 3.91. The van der Waals surface area contributed by atoms with Gasteiger partial charge in [0.2, 0.25) is 0 Å². The Morgan fingerprint density at radius 1 is 1.17 bits per heavy atom. The number of halogens is 3. The molecule has 0 atom stereocenters. The van der Waals surface area contributed by atoms with Crippen LogP contribution in [0, 0.1) is 0 Å². The van der Waals surface area contributed by atoms with Gasteiger partial charge >= 0.3 is 6.18 Å². The molecule has 2 rings (SSSR count). The van der Waals surface area contributed by atoms with Crippen LogP contribution in [0.15, 0.2) is 36.5 Å². The van der Waals surface area contributed by atoms with Gasteiger partial charge in [-0.3, -0.25) is 4.68 Å². The Morgan fingerprint density at radius 2 is 1.83 bits per heavy atom. The summed E-state index contributed by atoms with van der Waals surface area (Å²) in [6.07, 6.45) is -2.48. The van der Waals surface area contributed by atoms with E-state index in [0.717, 1.165) is 17.8 Å². The molecule has 0 unspecified atom stereocenters. The summed E-state index contributed by atoms with van der Waals surface area (Å²) in [6.45, 7) is 0.478. The number of alkyl halides is 3. The number of aromatic nitrogens is 2. The SMILES string of the molecule is Cn1ccc(CNc2ccc(C(F)(F)F)cc2)n1. The summed E-state index contributed by atoms with van der Waals surface area (Å²) < 4.78 is 38.7. The smallest absolute Gasteiger partial charge is 0.379 e. The zero-order valence-electron chi connectivity index (χ0n) is 9.70. The van der Waals surface area contributed by atoms with Gasteiger partial charge in [-0.15, -0.1) is 0 Å². The van der Waals surface area contributed by atoms with Crippen molar-refractivity contribution in [2.45, 2.75) is 12.7 Å². The number of nitrogens with one attached hydrogen (secondary N) is 1. The molecule has 6 heteroatoms. The van der Waals surface area contributed by atoms with Gasteiger partial charge in [-0.05, 0) is 30.3 Å². The summed E-state index contributed by atoms with van der Waals surface area (Å²) in [7, 11) is 1.81. The van der Waals surface area contributed by atoms with E-state index in [1.807, 2.05) is 19.3 Å². The predicted octanol–water partition coefficient (Wildman–Crippen LogP) is 3.05. The molecule has 96 valence electrons. The lowest BCUT2D eigenvalue weighted by atomic mass is 10.2. The molecular formula is C12H12F3N3. The molecule has 0 spiro atoms. The molecule has 0 bridgehead atoms. The molecule has 0 aliphatic carbocycles. The summed E-state index contributed by atoms with van der Waals surface area (Å²) in [5.41, 5.74) is 0.817. The van der Waals surface area contributed by atoms with Crippen molar-refractivity contribution in [3.05, 3.63) is 47.8 Å². The van der Waals surface area contributed by atoms with Crippen molar-refractivity contribution in [1.29, 1.82) is 0 Å². The van der Waals surface area contributed by atoms with Crippen LogP contribution in [0.2, 0.25) is 0 Å². The second kappa shape index (κ2) is 4.72. The number of rotatable bonds is 3. The van der Waals surface area contributed by atoms with E-state index in [1.165, 1.54) is 12.1 Å². The molecule has 0 radical (unpaired) electrons. The Labute approximate surface area is 102 Å². The molecule has 0 aliphatic rings. The lowest BCUT2D eigenvalue weighted by molar-refractivity contribution is -0.137. The van der Waals surface area contributed by atoms with Gasteiger partial charge in [-0.25, -0.2) is 0 Å². The number of nitrogens with zero attached hydrogens (tertiary/aromatic N) is 2. The lowest BCUT2D eigenvalue weighted by Crippen LogP contribution is -2.05. The molecule has 0 aliphatic heterocycles. The third-order valence-corrected chi connectivity index (χ3v) is 2.45. The standard InChI is InChI=1S/C12H12F3N3/c1-18-7-6-11(17-18)8-16-10-4-2-9(3-5-10)12(13,14)15/h2-7,16H,8H2,1H3. The van der Waals surface area contributed by atoms with Gasteiger partial charge in [0.1, 0.15) is 0 Å². The van der Waals surface area contributed by atoms with Crippen LogP contribution < -0.4 is 5.32 Å². The van der Waals surface area contributed by atoms with Crippen LogP contribution >= 0.6 is 0 Å². The quantitative estimate of drug-likeness (QED) is 0.913. The van der Waals surface area contributed by atoms with Gasteiger partial charge in [0.25, 0.3) is 0 Å². The van der Waals surface area contributed by atoms with Gasteiger partial charge in [0.15, 0.2) is 0 Å². The van der Waals surface area contributed by atoms with E-state index in [2.05, 4.69) is 10.4 Å². The Hall–Kier alpha value is -1.98. The van der Waals surface area contributed by atoms with E-state index in [4.69, 9.17) is 0 Å². The van der Waals surface area contributed by atoms with Crippen LogP contribution in [0.4, 0.5) is 18.9 Å². The highest BCUT2D eigenvalue weighted by Gasteiger charge is 2.29. The third kappa shape index (κ3) is 3.03. The normalized spacial score (nSPS) is 11.6. The molecule has 1 aromatic heterocycles. The van der Waals surface area contributed by atoms with Crippen LogP contribution in [0.25, 0.3) is 0 Å². The first-order valence-corrected chi connectivity index (χ1v) is 5.35. The minimum atomic E-state index is -4.29. The van der Waals surface area contributed by atoms with Crippen LogP contribution in [0.3, 0.4) is 0 Å². The minimum absolute atomic E-state index is 0.478. The van der Waals surface area contributed by atoms with Crippen molar-refractivity contribution in [3.63, 3.8) is 0 Å². The number of anilines is 1. The number of hydrogen-bond donors (Lipinski definition) is 1. The molecule has 18 heavy (non-hydrogen) atoms. The highest BCUT2D eigenvalue weighted by molar-refractivity contribution is 5.45. The Morgan fingerprint density at radius 3 is 2.33 bits per heavy atom. The first-order valence-electron chi connectivity index (χ1n) is 5.35. The Bertz CT molecular complexity index is 514. The molecule has 1 aromatic carbocycles. The zero-order chi connectivity index (χ0) is 13.2. The molecule has 2 aromatic rings. The second-order valence-corrected chi connectivity index (χ2v) is 3.91. The van der Waals surface area contributed by atoms with Gasteiger partial charge in [-0.2, -0.15) is 18.3 Å². The van der Waals surface area contributed by atoms with E-state index >= 15 is 0 Å². The fraction of sp³-hybridized carbons (Fsp3) is 0.250. The minimum Gasteiger partial charge on any atom is -0.379 e. The van der Waals surface area contributed by atoms with E-state index in [0.29, 0.717) is 12.2 Å². The molecule has 1 heterocycles. The van der Waals surface area contributed by atoms with Crippen molar-refractivity contribution in [2.24, 2.45) is 7.05 Å². The zero-order valence-corrected chi connectivity index (χ0v) is 9.70. The summed E-state index contributed by atoms with van der Waals surface area (Å²) >= 11 is 0. The van der Waals surface area contributed by atoms with Crippen molar-refractivity contribution < 1.29 is 13.2 Å². The fourth-order valence-corrected chi connectivity index (χ4v) is 1.53. The van der Waals surface area contributed by atoms with Crippen LogP contribution in [0.1, 0.15) is 11.3 Å². The third-order valence-electron chi connectivity index (χ3n) is 2.45. The fourth-order valence-electron chi connectivity index (χ4n) is 1.53. The lowest BCUT2D eigenvalue weighted by Gasteiger charge is -2.08. The van der Waals surface area contributed by atoms with E-state index in [-0.39, 0.29) is 0 Å². The van der Waals surface area contributed by atoms with Gasteiger partial charge in [0, 0.05) is 18.9 Å². The number of hydrogen-bond acceptors (Lipinski definition) is 2. The largest absolute Gasteiger partial charge is 0.416 e. The maximum absolute atomic E-state index is 12.3. The maximum atomic E-state index is 12.3. The summed E-state index contributed by atoms with van der Waals surface area (Å²) in [5.74, 6) is 0. The van der Waals surface area contributed by atoms with E-state index in [9.17, 15) is 13.2 Å². The molecule has 0 saturated carbocycles. The van der Waals surface area contributed by atoms with Gasteiger partial charge in [0.05, 0.1) is 17.8 Å². The highest BCUT2D eigenvalue weighted by atomic mass is 19.4. The first kappa shape index (κ1) is 12.5. The summed E-state index contributed by atoms with van der Waals surface area (Å²) in [6, 6.07) is 6.77. The number of benzene rings is 1. The average molecular weight is 255 g/mol. The van der Waals surface area contributed by atoms with E-state index in [1.54, 1.807) is 4.68 Å². The average Bonchev–Trinajstić information content (AvgIpc) is 2.72. The molecule has 1 N–H and O–H groups in total. The van der Waals surface area contributed by atoms with Crippen molar-refractivity contribution >= 4 is 5.69 Å². The molecule has 0 amide bonds. The molecule has 0 saturated heterocycles. The number of aryl methyl sites for hydroxylation is 1. The first-order chi connectivity index (χ1) is 8.45. The van der Waals surface area contributed by atoms with Crippen molar-refractivity contribution in [2.75, 3.05) is 5.32 Å². The van der Waals surface area contributed by atoms with Crippen LogP contribution in [-0.4, -0.2) is 9.78 Å². The van der Waals surface area contributed by atoms with Crippen LogP contribution in [-0.2, 0) is 19.8 Å². The van der Waals surface area contributed by atoms with Gasteiger partial charge < -0.3 is 5.32 Å². The summed E-state index contributed by atoms with van der Waals surface area (Å²) in [4.78, 5) is 0. The topological polar surface area (TPSA) is 29.9 Å². The van der Waals surface area contributed by atoms with E-state index < -0.39 is 11.7 Å². The van der Waals surface area contributed by atoms with Gasteiger partial charge in [-0.1, -0.05) is 0 Å². The Balaban J connectivity index is 1.98. The maximum Gasteiger partial charge on any atom is 0.416 e. The summed E-state index contributed by atoms with van der Waals surface area (Å²) in [5, 5.41) is 7.17. The van der Waals surface area contributed by atoms with Crippen molar-refractivity contribution in [1.82, 2.24) is 9.78 Å². The molecular weight excluding hydrogens is 243 g/mol. The van der Waals surface area contributed by atoms with Crippen molar-refractivity contribution in [3.8, 4) is 0 Å². The predicted molar refractivity (Wildman–Crippen MR) is 62.0 cm³/mol. The highest BCUT2D eigenvalue weighted by Crippen LogP contribution is 2.29. The monoisotopic (exact) mass is 255 g/mol. The molecule has 3 nitrogen and oxygen atoms in total.